The number of aromatic nitrogens is 2. The highest BCUT2D eigenvalue weighted by molar-refractivity contribution is 7.91. The highest BCUT2D eigenvalue weighted by Gasteiger charge is 2.18. The van der Waals surface area contributed by atoms with Crippen LogP contribution in [0.25, 0.3) is 11.0 Å². The number of aryl methyl sites for hydroxylation is 1. The fourth-order valence-electron chi connectivity index (χ4n) is 2.74. The third-order valence-corrected chi connectivity index (χ3v) is 6.03. The van der Waals surface area contributed by atoms with Crippen LogP contribution in [0.1, 0.15) is 17.5 Å². The zero-order chi connectivity index (χ0) is 18.9. The van der Waals surface area contributed by atoms with Gasteiger partial charge >= 0.3 is 5.69 Å². The SMILES string of the molecule is Cc1cc2[nH]c(=O)[nH]c2c(NC(=O)CCS(=O)(=O)c2ccccc2)c1C. The molecule has 0 fully saturated rings. The van der Waals surface area contributed by atoms with Crippen molar-refractivity contribution in [1.29, 1.82) is 0 Å². The number of sulfone groups is 1. The van der Waals surface area contributed by atoms with Crippen LogP contribution in [0.5, 0.6) is 0 Å². The predicted molar refractivity (Wildman–Crippen MR) is 100 cm³/mol. The Balaban J connectivity index is 1.80. The zero-order valence-corrected chi connectivity index (χ0v) is 15.2. The van der Waals surface area contributed by atoms with Crippen molar-refractivity contribution >= 4 is 32.5 Å². The number of hydrogen-bond acceptors (Lipinski definition) is 4. The third-order valence-electron chi connectivity index (χ3n) is 4.30. The van der Waals surface area contributed by atoms with Gasteiger partial charge in [0.2, 0.25) is 5.91 Å². The lowest BCUT2D eigenvalue weighted by atomic mass is 10.1. The molecule has 0 aliphatic carbocycles. The van der Waals surface area contributed by atoms with Crippen LogP contribution in [0, 0.1) is 13.8 Å². The quantitative estimate of drug-likeness (QED) is 0.637. The summed E-state index contributed by atoms with van der Waals surface area (Å²) in [5, 5.41) is 2.74. The molecule has 7 nitrogen and oxygen atoms in total. The molecule has 136 valence electrons. The number of carbonyl (C=O) groups is 1. The summed E-state index contributed by atoms with van der Waals surface area (Å²) in [4.78, 5) is 29.4. The molecular weight excluding hydrogens is 354 g/mol. The lowest BCUT2D eigenvalue weighted by Gasteiger charge is -2.12. The van der Waals surface area contributed by atoms with Gasteiger partial charge in [0.25, 0.3) is 0 Å². The molecule has 0 bridgehead atoms. The van der Waals surface area contributed by atoms with Gasteiger partial charge in [0.1, 0.15) is 0 Å². The molecule has 0 radical (unpaired) electrons. The van der Waals surface area contributed by atoms with E-state index in [2.05, 4.69) is 15.3 Å². The van der Waals surface area contributed by atoms with Crippen LogP contribution in [0.4, 0.5) is 5.69 Å². The van der Waals surface area contributed by atoms with Gasteiger partial charge in [-0.05, 0) is 43.2 Å². The molecule has 0 saturated carbocycles. The van der Waals surface area contributed by atoms with E-state index in [1.807, 2.05) is 19.9 Å². The van der Waals surface area contributed by atoms with Crippen molar-refractivity contribution in [2.24, 2.45) is 0 Å². The Kier molecular flexibility index (Phi) is 4.69. The standard InChI is InChI=1S/C18H19N3O4S/c1-11-10-14-17(21-18(23)19-14)16(12(11)2)20-15(22)8-9-26(24,25)13-6-4-3-5-7-13/h3-7,10H,8-9H2,1-2H3,(H,20,22)(H2,19,21,23). The Morgan fingerprint density at radius 2 is 1.81 bits per heavy atom. The van der Waals surface area contributed by atoms with Crippen molar-refractivity contribution in [1.82, 2.24) is 9.97 Å². The number of benzene rings is 2. The van der Waals surface area contributed by atoms with Crippen molar-refractivity contribution in [3.63, 3.8) is 0 Å². The maximum Gasteiger partial charge on any atom is 0.323 e. The fourth-order valence-corrected chi connectivity index (χ4v) is 4.00. The number of fused-ring (bicyclic) bond motifs is 1. The number of anilines is 1. The summed E-state index contributed by atoms with van der Waals surface area (Å²) >= 11 is 0. The molecule has 0 spiro atoms. The molecule has 0 aliphatic heterocycles. The van der Waals surface area contributed by atoms with Crippen LogP contribution in [0.2, 0.25) is 0 Å². The molecular formula is C18H19N3O4S. The summed E-state index contributed by atoms with van der Waals surface area (Å²) < 4.78 is 24.6. The normalized spacial score (nSPS) is 11.6. The lowest BCUT2D eigenvalue weighted by molar-refractivity contribution is -0.115. The van der Waals surface area contributed by atoms with Crippen molar-refractivity contribution in [3.8, 4) is 0 Å². The van der Waals surface area contributed by atoms with Crippen molar-refractivity contribution in [2.75, 3.05) is 11.1 Å². The minimum Gasteiger partial charge on any atom is -0.324 e. The Labute approximate surface area is 150 Å². The Bertz CT molecular complexity index is 1130. The van der Waals surface area contributed by atoms with Crippen LogP contribution in [-0.4, -0.2) is 30.0 Å². The molecule has 2 aromatic carbocycles. The number of H-pyrrole nitrogens is 2. The average Bonchev–Trinajstić information content (AvgIpc) is 2.98. The van der Waals surface area contributed by atoms with E-state index in [4.69, 9.17) is 0 Å². The number of rotatable bonds is 5. The second-order valence-corrected chi connectivity index (χ2v) is 8.23. The van der Waals surface area contributed by atoms with Gasteiger partial charge in [-0.15, -0.1) is 0 Å². The van der Waals surface area contributed by atoms with Gasteiger partial charge in [0.05, 0.1) is 27.4 Å². The monoisotopic (exact) mass is 373 g/mol. The number of carbonyl (C=O) groups excluding carboxylic acids is 1. The van der Waals surface area contributed by atoms with Crippen LogP contribution in [0.15, 0.2) is 46.1 Å². The summed E-state index contributed by atoms with van der Waals surface area (Å²) in [6.45, 7) is 3.70. The smallest absolute Gasteiger partial charge is 0.323 e. The van der Waals surface area contributed by atoms with Crippen LogP contribution < -0.4 is 11.0 Å². The summed E-state index contributed by atoms with van der Waals surface area (Å²) in [5.74, 6) is -0.720. The minimum absolute atomic E-state index is 0.180. The summed E-state index contributed by atoms with van der Waals surface area (Å²) in [7, 11) is -3.53. The lowest BCUT2D eigenvalue weighted by Crippen LogP contribution is -2.18. The van der Waals surface area contributed by atoms with Gasteiger partial charge in [-0.3, -0.25) is 4.79 Å². The molecule has 1 heterocycles. The van der Waals surface area contributed by atoms with E-state index in [1.165, 1.54) is 12.1 Å². The highest BCUT2D eigenvalue weighted by Crippen LogP contribution is 2.27. The molecule has 0 unspecified atom stereocenters. The van der Waals surface area contributed by atoms with Gasteiger partial charge in [-0.2, -0.15) is 0 Å². The second kappa shape index (κ2) is 6.80. The topological polar surface area (TPSA) is 112 Å². The average molecular weight is 373 g/mol. The van der Waals surface area contributed by atoms with Crippen LogP contribution in [0.3, 0.4) is 0 Å². The molecule has 3 rings (SSSR count). The van der Waals surface area contributed by atoms with E-state index in [9.17, 15) is 18.0 Å². The van der Waals surface area contributed by atoms with Crippen molar-refractivity contribution in [2.45, 2.75) is 25.2 Å². The van der Waals surface area contributed by atoms with E-state index in [1.54, 1.807) is 18.2 Å². The van der Waals surface area contributed by atoms with E-state index >= 15 is 0 Å². The van der Waals surface area contributed by atoms with Gasteiger partial charge < -0.3 is 15.3 Å². The van der Waals surface area contributed by atoms with Crippen LogP contribution in [-0.2, 0) is 14.6 Å². The minimum atomic E-state index is -3.53. The molecule has 1 amide bonds. The van der Waals surface area contributed by atoms with Gasteiger partial charge in [0.15, 0.2) is 9.84 Å². The van der Waals surface area contributed by atoms with E-state index in [0.717, 1.165) is 11.1 Å². The third kappa shape index (κ3) is 3.55. The Morgan fingerprint density at radius 1 is 1.12 bits per heavy atom. The molecule has 1 aromatic heterocycles. The van der Waals surface area contributed by atoms with E-state index < -0.39 is 15.7 Å². The number of aromatic amines is 2. The second-order valence-electron chi connectivity index (χ2n) is 6.13. The first kappa shape index (κ1) is 17.9. The molecule has 0 saturated heterocycles. The molecule has 3 aromatic rings. The predicted octanol–water partition coefficient (Wildman–Crippen LogP) is 2.28. The molecule has 8 heteroatoms. The first-order valence-electron chi connectivity index (χ1n) is 8.08. The number of nitrogens with one attached hydrogen (secondary N) is 3. The molecule has 3 N–H and O–H groups in total. The largest absolute Gasteiger partial charge is 0.324 e. The van der Waals surface area contributed by atoms with Gasteiger partial charge in [-0.25, -0.2) is 13.2 Å². The van der Waals surface area contributed by atoms with E-state index in [-0.39, 0.29) is 22.8 Å². The van der Waals surface area contributed by atoms with Gasteiger partial charge in [-0.1, -0.05) is 18.2 Å². The zero-order valence-electron chi connectivity index (χ0n) is 14.4. The highest BCUT2D eigenvalue weighted by atomic mass is 32.2. The van der Waals surface area contributed by atoms with Crippen LogP contribution >= 0.6 is 0 Å². The Hall–Kier alpha value is -2.87. The van der Waals surface area contributed by atoms with Crippen molar-refractivity contribution in [3.05, 3.63) is 58.0 Å². The number of hydrogen-bond donors (Lipinski definition) is 3. The molecule has 26 heavy (non-hydrogen) atoms. The molecule has 0 aliphatic rings. The maximum absolute atomic E-state index is 12.3. The Morgan fingerprint density at radius 3 is 2.50 bits per heavy atom. The summed E-state index contributed by atoms with van der Waals surface area (Å²) in [5.41, 5.74) is 2.92. The van der Waals surface area contributed by atoms with E-state index in [0.29, 0.717) is 16.7 Å². The fraction of sp³-hybridized carbons (Fsp3) is 0.222. The summed E-state index contributed by atoms with van der Waals surface area (Å²) in [6.07, 6.45) is -0.180. The number of amides is 1. The summed E-state index contributed by atoms with van der Waals surface area (Å²) in [6, 6.07) is 9.84. The van der Waals surface area contributed by atoms with Crippen molar-refractivity contribution < 1.29 is 13.2 Å². The first-order chi connectivity index (χ1) is 12.3. The first-order valence-corrected chi connectivity index (χ1v) is 9.73. The van der Waals surface area contributed by atoms with Gasteiger partial charge in [0, 0.05) is 6.42 Å². The maximum atomic E-state index is 12.3. The molecule has 0 atom stereocenters. The number of imidazole rings is 1.